The van der Waals surface area contributed by atoms with Gasteiger partial charge in [0.05, 0.1) is 24.5 Å². The molecule has 0 spiro atoms. The van der Waals surface area contributed by atoms with Crippen LogP contribution in [0.15, 0.2) is 48.5 Å². The molecule has 2 aromatic carbocycles. The third-order valence-corrected chi connectivity index (χ3v) is 3.48. The van der Waals surface area contributed by atoms with Gasteiger partial charge in [-0.15, -0.1) is 0 Å². The van der Waals surface area contributed by atoms with Gasteiger partial charge < -0.3 is 16.0 Å². The van der Waals surface area contributed by atoms with Crippen LogP contribution in [0, 0.1) is 0 Å². The Bertz CT molecular complexity index is 712. The summed E-state index contributed by atoms with van der Waals surface area (Å²) >= 11 is 0. The molecule has 21 heavy (non-hydrogen) atoms. The van der Waals surface area contributed by atoms with Crippen molar-refractivity contribution in [2.45, 2.75) is 6.54 Å². The molecule has 0 bridgehead atoms. The lowest BCUT2D eigenvalue weighted by molar-refractivity contribution is -0.117. The van der Waals surface area contributed by atoms with E-state index in [9.17, 15) is 9.59 Å². The predicted molar refractivity (Wildman–Crippen MR) is 81.1 cm³/mol. The Hall–Kier alpha value is -2.82. The van der Waals surface area contributed by atoms with E-state index in [1.54, 1.807) is 23.1 Å². The van der Waals surface area contributed by atoms with Crippen molar-refractivity contribution in [3.05, 3.63) is 59.7 Å². The van der Waals surface area contributed by atoms with Crippen LogP contribution in [0.2, 0.25) is 0 Å². The van der Waals surface area contributed by atoms with Gasteiger partial charge in [0.1, 0.15) is 0 Å². The van der Waals surface area contributed by atoms with Crippen LogP contribution >= 0.6 is 0 Å². The third kappa shape index (κ3) is 2.58. The van der Waals surface area contributed by atoms with Crippen LogP contribution in [-0.2, 0) is 11.3 Å². The predicted octanol–water partition coefficient (Wildman–Crippen LogP) is 1.74. The normalized spacial score (nSPS) is 13.5. The lowest BCUT2D eigenvalue weighted by Crippen LogP contribution is -2.39. The Kier molecular flexibility index (Phi) is 3.31. The molecule has 0 atom stereocenters. The van der Waals surface area contributed by atoms with Crippen LogP contribution in [0.1, 0.15) is 15.9 Å². The van der Waals surface area contributed by atoms with Gasteiger partial charge in [0, 0.05) is 5.56 Å². The summed E-state index contributed by atoms with van der Waals surface area (Å²) in [5.74, 6) is -0.470. The Labute approximate surface area is 122 Å². The van der Waals surface area contributed by atoms with E-state index in [4.69, 9.17) is 5.73 Å². The number of benzene rings is 2. The van der Waals surface area contributed by atoms with Crippen molar-refractivity contribution in [2.24, 2.45) is 5.73 Å². The van der Waals surface area contributed by atoms with E-state index >= 15 is 0 Å². The number of carbonyl (C=O) groups is 2. The molecular formula is C16H15N3O2. The number of primary amides is 1. The maximum Gasteiger partial charge on any atom is 0.248 e. The molecule has 0 aliphatic carbocycles. The summed E-state index contributed by atoms with van der Waals surface area (Å²) in [5.41, 5.74) is 8.39. The number of amides is 2. The minimum absolute atomic E-state index is 0.00169. The summed E-state index contributed by atoms with van der Waals surface area (Å²) in [6.07, 6.45) is 0. The van der Waals surface area contributed by atoms with E-state index in [1.807, 2.05) is 30.3 Å². The van der Waals surface area contributed by atoms with Crippen molar-refractivity contribution in [1.29, 1.82) is 0 Å². The van der Waals surface area contributed by atoms with E-state index in [0.717, 1.165) is 16.9 Å². The highest BCUT2D eigenvalue weighted by atomic mass is 16.2. The van der Waals surface area contributed by atoms with Gasteiger partial charge in [-0.05, 0) is 29.8 Å². The molecular weight excluding hydrogens is 266 g/mol. The third-order valence-electron chi connectivity index (χ3n) is 3.48. The number of nitrogens with zero attached hydrogens (tertiary/aromatic N) is 1. The molecule has 0 saturated carbocycles. The van der Waals surface area contributed by atoms with Gasteiger partial charge in [0.15, 0.2) is 0 Å². The van der Waals surface area contributed by atoms with Gasteiger partial charge in [-0.25, -0.2) is 0 Å². The van der Waals surface area contributed by atoms with Crippen molar-refractivity contribution in [1.82, 2.24) is 0 Å². The lowest BCUT2D eigenvalue weighted by atomic mass is 10.1. The second-order valence-corrected chi connectivity index (χ2v) is 4.92. The van der Waals surface area contributed by atoms with Crippen LogP contribution in [0.4, 0.5) is 11.4 Å². The highest BCUT2D eigenvalue weighted by Gasteiger charge is 2.23. The molecule has 5 heteroatoms. The first kappa shape index (κ1) is 13.2. The molecule has 3 N–H and O–H groups in total. The number of carbonyl (C=O) groups excluding carboxylic acids is 2. The fraction of sp³-hybridized carbons (Fsp3) is 0.125. The molecule has 2 amide bonds. The molecule has 106 valence electrons. The van der Waals surface area contributed by atoms with Gasteiger partial charge in [-0.1, -0.05) is 24.3 Å². The summed E-state index contributed by atoms with van der Waals surface area (Å²) in [7, 11) is 0. The van der Waals surface area contributed by atoms with Crippen molar-refractivity contribution >= 4 is 23.2 Å². The summed E-state index contributed by atoms with van der Waals surface area (Å²) in [6, 6.07) is 14.7. The molecule has 2 aromatic rings. The van der Waals surface area contributed by atoms with Crippen molar-refractivity contribution in [2.75, 3.05) is 16.8 Å². The summed E-state index contributed by atoms with van der Waals surface area (Å²) in [6.45, 7) is 0.686. The van der Waals surface area contributed by atoms with E-state index in [2.05, 4.69) is 5.32 Å². The summed E-state index contributed by atoms with van der Waals surface area (Å²) in [4.78, 5) is 25.1. The Morgan fingerprint density at radius 1 is 1.19 bits per heavy atom. The standard InChI is InChI=1S/C16H15N3O2/c17-16(21)12-5-3-4-11(8-12)10-19-14-7-2-1-6-13(14)18-9-15(19)20/h1-8,18H,9-10H2,(H2,17,21). The first-order valence-electron chi connectivity index (χ1n) is 6.67. The van der Waals surface area contributed by atoms with Crippen LogP contribution in [-0.4, -0.2) is 18.4 Å². The highest BCUT2D eigenvalue weighted by molar-refractivity contribution is 6.02. The largest absolute Gasteiger partial charge is 0.374 e. The Balaban J connectivity index is 1.92. The minimum Gasteiger partial charge on any atom is -0.374 e. The molecule has 1 heterocycles. The number of hydrogen-bond donors (Lipinski definition) is 2. The second kappa shape index (κ2) is 5.28. The molecule has 0 aromatic heterocycles. The number of hydrogen-bond acceptors (Lipinski definition) is 3. The first-order chi connectivity index (χ1) is 10.1. The molecule has 3 rings (SSSR count). The van der Waals surface area contributed by atoms with Gasteiger partial charge in [0.25, 0.3) is 0 Å². The molecule has 1 aliphatic heterocycles. The smallest absolute Gasteiger partial charge is 0.248 e. The number of rotatable bonds is 3. The number of nitrogens with one attached hydrogen (secondary N) is 1. The van der Waals surface area contributed by atoms with Gasteiger partial charge in [-0.2, -0.15) is 0 Å². The Morgan fingerprint density at radius 2 is 2.00 bits per heavy atom. The zero-order chi connectivity index (χ0) is 14.8. The number of anilines is 2. The van der Waals surface area contributed by atoms with Crippen LogP contribution in [0.5, 0.6) is 0 Å². The summed E-state index contributed by atoms with van der Waals surface area (Å²) in [5, 5.41) is 3.09. The van der Waals surface area contributed by atoms with E-state index in [0.29, 0.717) is 12.1 Å². The van der Waals surface area contributed by atoms with Gasteiger partial charge in [-0.3, -0.25) is 9.59 Å². The van der Waals surface area contributed by atoms with Crippen LogP contribution < -0.4 is 16.0 Å². The second-order valence-electron chi connectivity index (χ2n) is 4.92. The monoisotopic (exact) mass is 281 g/mol. The molecule has 1 aliphatic rings. The van der Waals surface area contributed by atoms with Crippen molar-refractivity contribution in [3.8, 4) is 0 Å². The topological polar surface area (TPSA) is 75.4 Å². The maximum atomic E-state index is 12.2. The van der Waals surface area contributed by atoms with Crippen LogP contribution in [0.25, 0.3) is 0 Å². The van der Waals surface area contributed by atoms with Crippen molar-refractivity contribution in [3.63, 3.8) is 0 Å². The highest BCUT2D eigenvalue weighted by Crippen LogP contribution is 2.30. The van der Waals surface area contributed by atoms with E-state index in [-0.39, 0.29) is 12.5 Å². The fourth-order valence-corrected chi connectivity index (χ4v) is 2.44. The zero-order valence-electron chi connectivity index (χ0n) is 11.4. The lowest BCUT2D eigenvalue weighted by Gasteiger charge is -2.30. The first-order valence-corrected chi connectivity index (χ1v) is 6.67. The average Bonchev–Trinajstić information content (AvgIpc) is 2.50. The quantitative estimate of drug-likeness (QED) is 0.900. The number of para-hydroxylation sites is 2. The SMILES string of the molecule is NC(=O)c1cccc(CN2C(=O)CNc3ccccc32)c1. The molecule has 0 unspecified atom stereocenters. The Morgan fingerprint density at radius 3 is 2.81 bits per heavy atom. The number of nitrogens with two attached hydrogens (primary N) is 1. The molecule has 0 fully saturated rings. The molecule has 0 saturated heterocycles. The van der Waals surface area contributed by atoms with Crippen LogP contribution in [0.3, 0.4) is 0 Å². The average molecular weight is 281 g/mol. The minimum atomic E-state index is -0.469. The maximum absolute atomic E-state index is 12.2. The van der Waals surface area contributed by atoms with E-state index in [1.165, 1.54) is 0 Å². The van der Waals surface area contributed by atoms with E-state index < -0.39 is 5.91 Å². The number of fused-ring (bicyclic) bond motifs is 1. The van der Waals surface area contributed by atoms with Crippen molar-refractivity contribution < 1.29 is 9.59 Å². The van der Waals surface area contributed by atoms with Gasteiger partial charge >= 0.3 is 0 Å². The fourth-order valence-electron chi connectivity index (χ4n) is 2.44. The molecule has 0 radical (unpaired) electrons. The van der Waals surface area contributed by atoms with Gasteiger partial charge in [0.2, 0.25) is 11.8 Å². The summed E-state index contributed by atoms with van der Waals surface area (Å²) < 4.78 is 0. The molecule has 5 nitrogen and oxygen atoms in total. The zero-order valence-corrected chi connectivity index (χ0v) is 11.4.